The smallest absolute Gasteiger partial charge is 0.269 e. The van der Waals surface area contributed by atoms with Gasteiger partial charge in [0.2, 0.25) is 0 Å². The SMILES string of the molecule is CN=C(NCCc1cc(C)ccc1OC)NCc1ccc([N+](=O)[O-])cc1. The van der Waals surface area contributed by atoms with E-state index in [-0.39, 0.29) is 5.69 Å². The Hall–Kier alpha value is -3.09. The van der Waals surface area contributed by atoms with Gasteiger partial charge in [-0.15, -0.1) is 0 Å². The van der Waals surface area contributed by atoms with Crippen molar-refractivity contribution in [2.75, 3.05) is 20.7 Å². The molecule has 0 aliphatic heterocycles. The summed E-state index contributed by atoms with van der Waals surface area (Å²) in [6.45, 7) is 3.30. The number of nitrogens with zero attached hydrogens (tertiary/aromatic N) is 2. The molecule has 2 N–H and O–H groups in total. The lowest BCUT2D eigenvalue weighted by Crippen LogP contribution is -2.37. The van der Waals surface area contributed by atoms with Crippen molar-refractivity contribution in [2.24, 2.45) is 4.99 Å². The van der Waals surface area contributed by atoms with Crippen LogP contribution < -0.4 is 15.4 Å². The molecule has 0 unspecified atom stereocenters. The molecule has 2 aromatic carbocycles. The van der Waals surface area contributed by atoms with Gasteiger partial charge in [0.05, 0.1) is 12.0 Å². The van der Waals surface area contributed by atoms with E-state index in [4.69, 9.17) is 4.74 Å². The Balaban J connectivity index is 1.84. The maximum absolute atomic E-state index is 10.7. The Morgan fingerprint density at radius 3 is 2.54 bits per heavy atom. The summed E-state index contributed by atoms with van der Waals surface area (Å²) in [6, 6.07) is 12.6. The molecule has 0 spiro atoms. The minimum atomic E-state index is -0.405. The predicted octanol–water partition coefficient (Wildman–Crippen LogP) is 2.82. The average molecular weight is 356 g/mol. The Morgan fingerprint density at radius 2 is 1.92 bits per heavy atom. The molecule has 0 heterocycles. The first kappa shape index (κ1) is 19.2. The number of methoxy groups -OCH3 is 1. The van der Waals surface area contributed by atoms with Gasteiger partial charge in [-0.05, 0) is 30.5 Å². The van der Waals surface area contributed by atoms with Crippen molar-refractivity contribution in [2.45, 2.75) is 19.9 Å². The van der Waals surface area contributed by atoms with Gasteiger partial charge < -0.3 is 15.4 Å². The second-order valence-electron chi connectivity index (χ2n) is 5.84. The highest BCUT2D eigenvalue weighted by atomic mass is 16.6. The molecule has 0 fully saturated rings. The number of aryl methyl sites for hydroxylation is 1. The fourth-order valence-electron chi connectivity index (χ4n) is 2.56. The molecular weight excluding hydrogens is 332 g/mol. The van der Waals surface area contributed by atoms with Crippen molar-refractivity contribution in [1.29, 1.82) is 0 Å². The van der Waals surface area contributed by atoms with Crippen molar-refractivity contribution in [3.8, 4) is 5.75 Å². The van der Waals surface area contributed by atoms with Gasteiger partial charge in [-0.1, -0.05) is 29.8 Å². The van der Waals surface area contributed by atoms with E-state index < -0.39 is 4.92 Å². The molecule has 7 heteroatoms. The van der Waals surface area contributed by atoms with Crippen molar-refractivity contribution >= 4 is 11.6 Å². The molecule has 26 heavy (non-hydrogen) atoms. The summed E-state index contributed by atoms with van der Waals surface area (Å²) in [5, 5.41) is 17.1. The Kier molecular flexibility index (Phi) is 6.96. The van der Waals surface area contributed by atoms with Gasteiger partial charge in [0.15, 0.2) is 5.96 Å². The number of hydrogen-bond donors (Lipinski definition) is 2. The lowest BCUT2D eigenvalue weighted by molar-refractivity contribution is -0.384. The average Bonchev–Trinajstić information content (AvgIpc) is 2.65. The van der Waals surface area contributed by atoms with Crippen LogP contribution in [0.2, 0.25) is 0 Å². The van der Waals surface area contributed by atoms with E-state index >= 15 is 0 Å². The van der Waals surface area contributed by atoms with Gasteiger partial charge in [0.1, 0.15) is 5.75 Å². The van der Waals surface area contributed by atoms with Gasteiger partial charge in [-0.2, -0.15) is 0 Å². The zero-order chi connectivity index (χ0) is 18.9. The maximum Gasteiger partial charge on any atom is 0.269 e. The molecular formula is C19H24N4O3. The van der Waals surface area contributed by atoms with Gasteiger partial charge in [0.25, 0.3) is 5.69 Å². The third kappa shape index (κ3) is 5.47. The predicted molar refractivity (Wildman–Crippen MR) is 103 cm³/mol. The Labute approximate surface area is 153 Å². The van der Waals surface area contributed by atoms with Crippen LogP contribution in [-0.4, -0.2) is 31.6 Å². The van der Waals surface area contributed by atoms with Crippen molar-refractivity contribution in [3.63, 3.8) is 0 Å². The van der Waals surface area contributed by atoms with Gasteiger partial charge in [-0.25, -0.2) is 0 Å². The first-order chi connectivity index (χ1) is 12.5. The molecule has 0 amide bonds. The second kappa shape index (κ2) is 9.41. The van der Waals surface area contributed by atoms with Crippen molar-refractivity contribution in [3.05, 3.63) is 69.3 Å². The van der Waals surface area contributed by atoms with Crippen molar-refractivity contribution < 1.29 is 9.66 Å². The van der Waals surface area contributed by atoms with Crippen LogP contribution in [0.15, 0.2) is 47.5 Å². The number of rotatable bonds is 7. The molecule has 2 rings (SSSR count). The summed E-state index contributed by atoms with van der Waals surface area (Å²) in [5.41, 5.74) is 3.37. The number of nitro groups is 1. The number of aliphatic imine (C=N–C) groups is 1. The lowest BCUT2D eigenvalue weighted by atomic mass is 10.1. The van der Waals surface area contributed by atoms with Crippen LogP contribution in [0.5, 0.6) is 5.75 Å². The molecule has 0 saturated carbocycles. The summed E-state index contributed by atoms with van der Waals surface area (Å²) in [7, 11) is 3.38. The van der Waals surface area contributed by atoms with Gasteiger partial charge in [-0.3, -0.25) is 15.1 Å². The van der Waals surface area contributed by atoms with E-state index in [0.717, 1.165) is 23.3 Å². The first-order valence-corrected chi connectivity index (χ1v) is 8.35. The van der Waals surface area contributed by atoms with Crippen LogP contribution >= 0.6 is 0 Å². The van der Waals surface area contributed by atoms with Gasteiger partial charge >= 0.3 is 0 Å². The van der Waals surface area contributed by atoms with E-state index in [1.807, 2.05) is 12.1 Å². The molecule has 2 aromatic rings. The number of guanidine groups is 1. The standard InChI is InChI=1S/C19H24N4O3/c1-14-4-9-18(26-3)16(12-14)10-11-21-19(20-2)22-13-15-5-7-17(8-6-15)23(24)25/h4-9,12H,10-11,13H2,1-3H3,(H2,20,21,22). The minimum Gasteiger partial charge on any atom is -0.496 e. The number of benzene rings is 2. The molecule has 0 aliphatic rings. The van der Waals surface area contributed by atoms with Crippen molar-refractivity contribution in [1.82, 2.24) is 10.6 Å². The molecule has 0 saturated heterocycles. The monoisotopic (exact) mass is 356 g/mol. The molecule has 7 nitrogen and oxygen atoms in total. The normalized spacial score (nSPS) is 11.1. The minimum absolute atomic E-state index is 0.0864. The van der Waals surface area contributed by atoms with Crippen LogP contribution in [-0.2, 0) is 13.0 Å². The highest BCUT2D eigenvalue weighted by Crippen LogP contribution is 2.19. The summed E-state index contributed by atoms with van der Waals surface area (Å²) < 4.78 is 5.39. The fraction of sp³-hybridized carbons (Fsp3) is 0.316. The lowest BCUT2D eigenvalue weighted by Gasteiger charge is -2.13. The number of nitro benzene ring substituents is 1. The molecule has 138 valence electrons. The molecule has 0 radical (unpaired) electrons. The quantitative estimate of drug-likeness (QED) is 0.345. The first-order valence-electron chi connectivity index (χ1n) is 8.35. The molecule has 0 bridgehead atoms. The van der Waals surface area contributed by atoms with E-state index in [1.54, 1.807) is 26.3 Å². The Bertz CT molecular complexity index is 773. The topological polar surface area (TPSA) is 88.8 Å². The highest BCUT2D eigenvalue weighted by Gasteiger charge is 2.06. The number of hydrogen-bond acceptors (Lipinski definition) is 4. The zero-order valence-electron chi connectivity index (χ0n) is 15.3. The number of ether oxygens (including phenoxy) is 1. The third-order valence-corrected chi connectivity index (χ3v) is 3.95. The number of nitrogens with one attached hydrogen (secondary N) is 2. The van der Waals surface area contributed by atoms with Crippen LogP contribution in [0.1, 0.15) is 16.7 Å². The molecule has 0 aromatic heterocycles. The zero-order valence-corrected chi connectivity index (χ0v) is 15.3. The van der Waals surface area contributed by atoms with E-state index in [0.29, 0.717) is 19.0 Å². The van der Waals surface area contributed by atoms with Crippen LogP contribution in [0, 0.1) is 17.0 Å². The van der Waals surface area contributed by atoms with E-state index in [9.17, 15) is 10.1 Å². The summed E-state index contributed by atoms with van der Waals surface area (Å²) in [4.78, 5) is 14.5. The van der Waals surface area contributed by atoms with E-state index in [1.165, 1.54) is 17.7 Å². The summed E-state index contributed by atoms with van der Waals surface area (Å²) in [6.07, 6.45) is 0.809. The summed E-state index contributed by atoms with van der Waals surface area (Å²) >= 11 is 0. The van der Waals surface area contributed by atoms with Gasteiger partial charge in [0, 0.05) is 32.3 Å². The second-order valence-corrected chi connectivity index (χ2v) is 5.84. The molecule has 0 atom stereocenters. The fourth-order valence-corrected chi connectivity index (χ4v) is 2.56. The van der Waals surface area contributed by atoms with Crippen LogP contribution in [0.3, 0.4) is 0 Å². The van der Waals surface area contributed by atoms with Crippen LogP contribution in [0.4, 0.5) is 5.69 Å². The van der Waals surface area contributed by atoms with Crippen LogP contribution in [0.25, 0.3) is 0 Å². The highest BCUT2D eigenvalue weighted by molar-refractivity contribution is 5.79. The molecule has 0 aliphatic carbocycles. The Morgan fingerprint density at radius 1 is 1.19 bits per heavy atom. The maximum atomic E-state index is 10.7. The number of non-ortho nitro benzene ring substituents is 1. The van der Waals surface area contributed by atoms with E-state index in [2.05, 4.69) is 28.6 Å². The largest absolute Gasteiger partial charge is 0.496 e. The third-order valence-electron chi connectivity index (χ3n) is 3.95. The summed E-state index contributed by atoms with van der Waals surface area (Å²) in [5.74, 6) is 1.56.